The van der Waals surface area contributed by atoms with Crippen LogP contribution in [0, 0.1) is 0 Å². The fourth-order valence-corrected chi connectivity index (χ4v) is 5.18. The Kier molecular flexibility index (Phi) is 6.26. The van der Waals surface area contributed by atoms with Crippen LogP contribution in [0.4, 0.5) is 0 Å². The van der Waals surface area contributed by atoms with E-state index in [1.165, 1.54) is 7.11 Å². The van der Waals surface area contributed by atoms with Gasteiger partial charge >= 0.3 is 5.97 Å². The zero-order valence-corrected chi connectivity index (χ0v) is 19.8. The molecule has 0 bridgehead atoms. The van der Waals surface area contributed by atoms with Crippen molar-refractivity contribution in [3.63, 3.8) is 0 Å². The van der Waals surface area contributed by atoms with Crippen LogP contribution in [0.5, 0.6) is 0 Å². The molecule has 2 unspecified atom stereocenters. The van der Waals surface area contributed by atoms with Crippen molar-refractivity contribution in [2.24, 2.45) is 0 Å². The van der Waals surface area contributed by atoms with Crippen molar-refractivity contribution < 1.29 is 9.53 Å². The molecule has 0 spiro atoms. The zero-order valence-electron chi connectivity index (χ0n) is 19.0. The van der Waals surface area contributed by atoms with E-state index in [9.17, 15) is 4.79 Å². The summed E-state index contributed by atoms with van der Waals surface area (Å²) in [5.74, 6) is -0.314. The minimum Gasteiger partial charge on any atom is -0.467 e. The number of piperidine rings is 1. The third kappa shape index (κ3) is 3.93. The van der Waals surface area contributed by atoms with E-state index in [2.05, 4.69) is 15.4 Å². The molecule has 1 fully saturated rings. The molecule has 3 aromatic carbocycles. The Hall–Kier alpha value is -3.35. The van der Waals surface area contributed by atoms with Crippen molar-refractivity contribution >= 4 is 28.5 Å². The van der Waals surface area contributed by atoms with Crippen LogP contribution in [0.3, 0.4) is 0 Å². The summed E-state index contributed by atoms with van der Waals surface area (Å²) >= 11 is 6.21. The van der Waals surface area contributed by atoms with Gasteiger partial charge in [0.2, 0.25) is 0 Å². The molecule has 1 N–H and O–H groups in total. The summed E-state index contributed by atoms with van der Waals surface area (Å²) in [5.41, 5.74) is 5.21. The van der Waals surface area contributed by atoms with Crippen LogP contribution in [-0.2, 0) is 15.1 Å². The standard InChI is InChI=1S/C27H27ClN4O2/c1-34-26(33)27(21-9-3-2-4-10-21,22-13-15-23(28)16-14-22)31-17-7-11-24(19-31)30-32-25-12-6-5-8-20(25)18-29-32/h2-6,8-10,12-16,18,24,30H,7,11,17,19H2,1H3. The molecule has 5 rings (SSSR count). The molecule has 1 aliphatic rings. The van der Waals surface area contributed by atoms with E-state index in [0.717, 1.165) is 41.4 Å². The number of aromatic nitrogens is 2. The molecule has 1 saturated heterocycles. The van der Waals surface area contributed by atoms with Crippen LogP contribution in [0.25, 0.3) is 10.9 Å². The van der Waals surface area contributed by atoms with Crippen molar-refractivity contribution in [2.45, 2.75) is 24.4 Å². The van der Waals surface area contributed by atoms with Crippen LogP contribution in [-0.4, -0.2) is 47.0 Å². The second-order valence-electron chi connectivity index (χ2n) is 8.60. The molecule has 2 atom stereocenters. The lowest BCUT2D eigenvalue weighted by atomic mass is 9.79. The first-order chi connectivity index (χ1) is 16.6. The molecule has 0 radical (unpaired) electrons. The Morgan fingerprint density at radius 2 is 1.74 bits per heavy atom. The SMILES string of the molecule is COC(=O)C(c1ccccc1)(c1ccc(Cl)cc1)N1CCCC(Nn2ncc3ccccc32)C1. The molecular weight excluding hydrogens is 448 g/mol. The highest BCUT2D eigenvalue weighted by molar-refractivity contribution is 6.30. The van der Waals surface area contributed by atoms with Crippen LogP contribution < -0.4 is 5.43 Å². The Morgan fingerprint density at radius 1 is 1.03 bits per heavy atom. The van der Waals surface area contributed by atoms with Crippen molar-refractivity contribution in [2.75, 3.05) is 25.6 Å². The molecule has 174 valence electrons. The second kappa shape index (κ2) is 9.49. The van der Waals surface area contributed by atoms with Crippen LogP contribution in [0.2, 0.25) is 5.02 Å². The summed E-state index contributed by atoms with van der Waals surface area (Å²) in [6.45, 7) is 1.39. The average molecular weight is 475 g/mol. The monoisotopic (exact) mass is 474 g/mol. The van der Waals surface area contributed by atoms with Crippen molar-refractivity contribution in [3.05, 3.63) is 101 Å². The Bertz CT molecular complexity index is 1270. The third-order valence-electron chi connectivity index (χ3n) is 6.61. The number of benzene rings is 3. The lowest BCUT2D eigenvalue weighted by Gasteiger charge is -2.46. The minimum absolute atomic E-state index is 0.0945. The van der Waals surface area contributed by atoms with Gasteiger partial charge < -0.3 is 10.2 Å². The number of methoxy groups -OCH3 is 1. The lowest BCUT2D eigenvalue weighted by Crippen LogP contribution is -2.59. The number of fused-ring (bicyclic) bond motifs is 1. The van der Waals surface area contributed by atoms with Gasteiger partial charge in [0.05, 0.1) is 24.9 Å². The molecule has 0 aliphatic carbocycles. The largest absolute Gasteiger partial charge is 0.467 e. The first-order valence-corrected chi connectivity index (χ1v) is 11.8. The highest BCUT2D eigenvalue weighted by Crippen LogP contribution is 2.39. The minimum atomic E-state index is -1.09. The van der Waals surface area contributed by atoms with Gasteiger partial charge in [0.1, 0.15) is 0 Å². The summed E-state index contributed by atoms with van der Waals surface area (Å²) < 4.78 is 5.46. The molecule has 0 saturated carbocycles. The van der Waals surface area contributed by atoms with Crippen molar-refractivity contribution in [3.8, 4) is 0 Å². The highest BCUT2D eigenvalue weighted by Gasteiger charge is 2.49. The van der Waals surface area contributed by atoms with Crippen LogP contribution >= 0.6 is 11.6 Å². The van der Waals surface area contributed by atoms with E-state index >= 15 is 0 Å². The van der Waals surface area contributed by atoms with Gasteiger partial charge in [-0.25, -0.2) is 4.79 Å². The number of para-hydroxylation sites is 1. The van der Waals surface area contributed by atoms with E-state index in [1.807, 2.05) is 89.9 Å². The topological polar surface area (TPSA) is 59.4 Å². The fourth-order valence-electron chi connectivity index (χ4n) is 5.05. The van der Waals surface area contributed by atoms with Crippen LogP contribution in [0.15, 0.2) is 85.1 Å². The first kappa shape index (κ1) is 22.4. The molecule has 34 heavy (non-hydrogen) atoms. The maximum Gasteiger partial charge on any atom is 0.335 e. The van der Waals surface area contributed by atoms with Gasteiger partial charge in [-0.1, -0.05) is 72.3 Å². The summed E-state index contributed by atoms with van der Waals surface area (Å²) in [7, 11) is 1.45. The number of hydrogen-bond donors (Lipinski definition) is 1. The third-order valence-corrected chi connectivity index (χ3v) is 6.86. The Morgan fingerprint density at radius 3 is 2.50 bits per heavy atom. The number of carbonyl (C=O) groups excluding carboxylic acids is 1. The number of halogens is 1. The average Bonchev–Trinajstić information content (AvgIpc) is 3.29. The predicted octanol–water partition coefficient (Wildman–Crippen LogP) is 4.81. The fraction of sp³-hybridized carbons (Fsp3) is 0.259. The van der Waals surface area contributed by atoms with E-state index in [-0.39, 0.29) is 12.0 Å². The maximum absolute atomic E-state index is 13.7. The van der Waals surface area contributed by atoms with Crippen LogP contribution in [0.1, 0.15) is 24.0 Å². The second-order valence-corrected chi connectivity index (χ2v) is 9.04. The molecule has 2 heterocycles. The Balaban J connectivity index is 1.55. The number of ether oxygens (including phenoxy) is 1. The van der Waals surface area contributed by atoms with Gasteiger partial charge in [0.15, 0.2) is 5.54 Å². The van der Waals surface area contributed by atoms with E-state index < -0.39 is 5.54 Å². The predicted molar refractivity (Wildman–Crippen MR) is 134 cm³/mol. The lowest BCUT2D eigenvalue weighted by molar-refractivity contribution is -0.154. The summed E-state index contributed by atoms with van der Waals surface area (Å²) in [5, 5.41) is 6.24. The van der Waals surface area contributed by atoms with Gasteiger partial charge in [0, 0.05) is 23.5 Å². The van der Waals surface area contributed by atoms with Gasteiger partial charge in [-0.2, -0.15) is 9.89 Å². The summed E-state index contributed by atoms with van der Waals surface area (Å²) in [6.07, 6.45) is 3.76. The molecule has 0 amide bonds. The van der Waals surface area contributed by atoms with Gasteiger partial charge in [-0.3, -0.25) is 4.90 Å². The zero-order chi connectivity index (χ0) is 23.5. The molecule has 1 aliphatic heterocycles. The molecular formula is C27H27ClN4O2. The summed E-state index contributed by atoms with van der Waals surface area (Å²) in [4.78, 5) is 17.8. The van der Waals surface area contributed by atoms with Gasteiger partial charge in [-0.05, 0) is 42.2 Å². The normalized spacial score (nSPS) is 18.4. The van der Waals surface area contributed by atoms with E-state index in [0.29, 0.717) is 11.6 Å². The number of likely N-dealkylation sites (tertiary alicyclic amines) is 1. The van der Waals surface area contributed by atoms with Gasteiger partial charge in [0.25, 0.3) is 0 Å². The molecule has 7 heteroatoms. The molecule has 1 aromatic heterocycles. The van der Waals surface area contributed by atoms with Crippen molar-refractivity contribution in [1.29, 1.82) is 0 Å². The molecule has 6 nitrogen and oxygen atoms in total. The molecule has 4 aromatic rings. The number of hydrogen-bond acceptors (Lipinski definition) is 5. The number of carbonyl (C=O) groups is 1. The van der Waals surface area contributed by atoms with E-state index in [4.69, 9.17) is 16.3 Å². The first-order valence-electron chi connectivity index (χ1n) is 11.5. The van der Waals surface area contributed by atoms with E-state index in [1.54, 1.807) is 0 Å². The quantitative estimate of drug-likeness (QED) is 0.406. The number of nitrogens with zero attached hydrogens (tertiary/aromatic N) is 3. The smallest absolute Gasteiger partial charge is 0.335 e. The highest BCUT2D eigenvalue weighted by atomic mass is 35.5. The Labute approximate surface area is 204 Å². The maximum atomic E-state index is 13.7. The number of nitrogens with one attached hydrogen (secondary N) is 1. The summed E-state index contributed by atoms with van der Waals surface area (Å²) in [6, 6.07) is 25.5. The van der Waals surface area contributed by atoms with Gasteiger partial charge in [-0.15, -0.1) is 0 Å². The number of esters is 1. The number of rotatable bonds is 6. The van der Waals surface area contributed by atoms with Crippen molar-refractivity contribution in [1.82, 2.24) is 14.8 Å².